The molecule has 0 aliphatic rings. The third-order valence-electron chi connectivity index (χ3n) is 3.51. The average molecular weight is 401 g/mol. The summed E-state index contributed by atoms with van der Waals surface area (Å²) in [5.41, 5.74) is 1.51. The van der Waals surface area contributed by atoms with Crippen molar-refractivity contribution in [3.8, 4) is 35.2 Å². The number of hydrogen-bond donors (Lipinski definition) is 0. The first-order chi connectivity index (χ1) is 13.1. The molecular formula is C20H14Cl2N2O3. The molecular weight excluding hydrogens is 387 g/mol. The summed E-state index contributed by atoms with van der Waals surface area (Å²) in [7, 11) is 1.51. The quantitative estimate of drug-likeness (QED) is 0.535. The molecule has 0 saturated carbocycles. The molecule has 1 heterocycles. The number of halogens is 2. The van der Waals surface area contributed by atoms with Crippen molar-refractivity contribution >= 4 is 34.3 Å². The second kappa shape index (κ2) is 8.63. The average Bonchev–Trinajstić information content (AvgIpc) is 3.18. The Balaban J connectivity index is 1.89. The van der Waals surface area contributed by atoms with Gasteiger partial charge in [-0.2, -0.15) is 4.98 Å². The van der Waals surface area contributed by atoms with Gasteiger partial charge in [0.1, 0.15) is 11.6 Å². The Morgan fingerprint density at radius 3 is 2.78 bits per heavy atom. The summed E-state index contributed by atoms with van der Waals surface area (Å²) in [5.74, 6) is 3.83. The van der Waals surface area contributed by atoms with Crippen LogP contribution in [-0.4, -0.2) is 23.9 Å². The first-order valence-electron chi connectivity index (χ1n) is 7.83. The molecule has 136 valence electrons. The van der Waals surface area contributed by atoms with E-state index in [1.54, 1.807) is 18.2 Å². The number of methoxy groups -OCH3 is 1. The van der Waals surface area contributed by atoms with Crippen LogP contribution in [0.25, 0.3) is 22.5 Å². The molecule has 0 fully saturated rings. The summed E-state index contributed by atoms with van der Waals surface area (Å²) in [6, 6.07) is 12.8. The fourth-order valence-electron chi connectivity index (χ4n) is 2.31. The zero-order valence-corrected chi connectivity index (χ0v) is 15.8. The summed E-state index contributed by atoms with van der Waals surface area (Å²) in [5, 5.41) is 4.55. The Morgan fingerprint density at radius 1 is 1.30 bits per heavy atom. The molecule has 27 heavy (non-hydrogen) atoms. The third-order valence-corrected chi connectivity index (χ3v) is 4.06. The summed E-state index contributed by atoms with van der Waals surface area (Å²) in [6.07, 6.45) is 6.86. The van der Waals surface area contributed by atoms with Gasteiger partial charge in [-0.25, -0.2) is 0 Å². The maximum absolute atomic E-state index is 6.34. The number of ether oxygens (including phenoxy) is 2. The van der Waals surface area contributed by atoms with Crippen molar-refractivity contribution in [2.24, 2.45) is 0 Å². The lowest BCUT2D eigenvalue weighted by atomic mass is 10.2. The Bertz CT molecular complexity index is 1010. The van der Waals surface area contributed by atoms with Crippen LogP contribution in [0.3, 0.4) is 0 Å². The molecule has 0 N–H and O–H groups in total. The van der Waals surface area contributed by atoms with E-state index >= 15 is 0 Å². The van der Waals surface area contributed by atoms with Gasteiger partial charge in [-0.1, -0.05) is 64.6 Å². The Labute approximate surface area is 166 Å². The molecule has 5 nitrogen and oxygen atoms in total. The van der Waals surface area contributed by atoms with E-state index < -0.39 is 0 Å². The topological polar surface area (TPSA) is 57.4 Å². The van der Waals surface area contributed by atoms with E-state index in [4.69, 9.17) is 43.6 Å². The second-order valence-electron chi connectivity index (χ2n) is 5.31. The van der Waals surface area contributed by atoms with Crippen molar-refractivity contribution in [1.82, 2.24) is 10.1 Å². The van der Waals surface area contributed by atoms with Crippen LogP contribution in [0.4, 0.5) is 0 Å². The van der Waals surface area contributed by atoms with E-state index in [1.165, 1.54) is 7.11 Å². The highest BCUT2D eigenvalue weighted by Gasteiger charge is 2.14. The van der Waals surface area contributed by atoms with E-state index in [9.17, 15) is 0 Å². The van der Waals surface area contributed by atoms with Gasteiger partial charge in [0.2, 0.25) is 5.82 Å². The van der Waals surface area contributed by atoms with Gasteiger partial charge in [-0.15, -0.1) is 6.42 Å². The van der Waals surface area contributed by atoms with Crippen molar-refractivity contribution in [1.29, 1.82) is 0 Å². The van der Waals surface area contributed by atoms with Gasteiger partial charge in [0.15, 0.2) is 11.5 Å². The smallest absolute Gasteiger partial charge is 0.269 e. The van der Waals surface area contributed by atoms with Gasteiger partial charge in [0.25, 0.3) is 5.89 Å². The molecule has 0 atom stereocenters. The lowest BCUT2D eigenvalue weighted by Crippen LogP contribution is -1.98. The van der Waals surface area contributed by atoms with Crippen molar-refractivity contribution in [2.75, 3.05) is 13.7 Å². The molecule has 0 aliphatic heterocycles. The fourth-order valence-corrected chi connectivity index (χ4v) is 2.79. The summed E-state index contributed by atoms with van der Waals surface area (Å²) >= 11 is 12.6. The number of terminal acetylenes is 1. The van der Waals surface area contributed by atoms with E-state index in [-0.39, 0.29) is 17.5 Å². The molecule has 0 saturated heterocycles. The maximum atomic E-state index is 6.34. The molecule has 0 unspecified atom stereocenters. The number of aromatic nitrogens is 2. The van der Waals surface area contributed by atoms with E-state index in [0.29, 0.717) is 27.9 Å². The normalized spacial score (nSPS) is 11.1. The van der Waals surface area contributed by atoms with Crippen LogP contribution in [-0.2, 0) is 0 Å². The fraction of sp³-hybridized carbons (Fsp3) is 0.100. The molecule has 2 aromatic carbocycles. The summed E-state index contributed by atoms with van der Waals surface area (Å²) in [4.78, 5) is 4.31. The minimum atomic E-state index is 0.0796. The monoisotopic (exact) mass is 400 g/mol. The van der Waals surface area contributed by atoms with Crippen molar-refractivity contribution in [3.05, 3.63) is 58.9 Å². The molecule has 3 rings (SSSR count). The van der Waals surface area contributed by atoms with Crippen LogP contribution in [0, 0.1) is 12.3 Å². The minimum absolute atomic E-state index is 0.0796. The SMILES string of the molecule is C#CCOc1c(Cl)cc(/C=C(\Cl)c2nc(-c3ccccc3)no2)cc1OC. The molecule has 0 spiro atoms. The molecule has 7 heteroatoms. The van der Waals surface area contributed by atoms with Gasteiger partial charge in [-0.3, -0.25) is 0 Å². The van der Waals surface area contributed by atoms with Crippen LogP contribution in [0.2, 0.25) is 5.02 Å². The molecule has 0 bridgehead atoms. The van der Waals surface area contributed by atoms with E-state index in [2.05, 4.69) is 16.1 Å². The third kappa shape index (κ3) is 4.43. The zero-order valence-electron chi connectivity index (χ0n) is 14.3. The lowest BCUT2D eigenvalue weighted by molar-refractivity contribution is 0.331. The van der Waals surface area contributed by atoms with Gasteiger partial charge in [0, 0.05) is 5.56 Å². The Kier molecular flexibility index (Phi) is 6.02. The predicted octanol–water partition coefficient (Wildman–Crippen LogP) is 5.15. The van der Waals surface area contributed by atoms with Crippen molar-refractivity contribution in [3.63, 3.8) is 0 Å². The molecule has 3 aromatic rings. The van der Waals surface area contributed by atoms with Crippen molar-refractivity contribution < 1.29 is 14.0 Å². The van der Waals surface area contributed by atoms with Gasteiger partial charge < -0.3 is 14.0 Å². The highest BCUT2D eigenvalue weighted by Crippen LogP contribution is 2.37. The highest BCUT2D eigenvalue weighted by atomic mass is 35.5. The van der Waals surface area contributed by atoms with Crippen LogP contribution in [0.5, 0.6) is 11.5 Å². The molecule has 0 radical (unpaired) electrons. The number of rotatable bonds is 6. The van der Waals surface area contributed by atoms with Crippen LogP contribution < -0.4 is 9.47 Å². The second-order valence-corrected chi connectivity index (χ2v) is 6.12. The van der Waals surface area contributed by atoms with Crippen LogP contribution >= 0.6 is 23.2 Å². The molecule has 1 aromatic heterocycles. The predicted molar refractivity (Wildman–Crippen MR) is 106 cm³/mol. The van der Waals surface area contributed by atoms with E-state index in [0.717, 1.165) is 5.56 Å². The standard InChI is InChI=1S/C20H14Cl2N2O3/c1-3-9-26-18-15(21)10-13(12-17(18)25-2)11-16(22)20-23-19(24-27-20)14-7-5-4-6-8-14/h1,4-8,10-12H,9H2,2H3/b16-11-. The summed E-state index contributed by atoms with van der Waals surface area (Å²) < 4.78 is 16.0. The van der Waals surface area contributed by atoms with Crippen LogP contribution in [0.15, 0.2) is 47.0 Å². The Morgan fingerprint density at radius 2 is 2.07 bits per heavy atom. The molecule has 0 aliphatic carbocycles. The first-order valence-corrected chi connectivity index (χ1v) is 8.58. The summed E-state index contributed by atoms with van der Waals surface area (Å²) in [6.45, 7) is 0.0796. The highest BCUT2D eigenvalue weighted by molar-refractivity contribution is 6.50. The van der Waals surface area contributed by atoms with Gasteiger partial charge in [-0.05, 0) is 23.8 Å². The Hall–Kier alpha value is -2.94. The number of nitrogens with zero attached hydrogens (tertiary/aromatic N) is 2. The largest absolute Gasteiger partial charge is 0.493 e. The maximum Gasteiger partial charge on any atom is 0.269 e. The molecule has 0 amide bonds. The minimum Gasteiger partial charge on any atom is -0.493 e. The number of benzene rings is 2. The van der Waals surface area contributed by atoms with Gasteiger partial charge in [0.05, 0.1) is 12.1 Å². The van der Waals surface area contributed by atoms with Crippen LogP contribution in [0.1, 0.15) is 11.5 Å². The zero-order chi connectivity index (χ0) is 19.2. The lowest BCUT2D eigenvalue weighted by Gasteiger charge is -2.11. The van der Waals surface area contributed by atoms with Gasteiger partial charge >= 0.3 is 0 Å². The van der Waals surface area contributed by atoms with Crippen molar-refractivity contribution in [2.45, 2.75) is 0 Å². The van der Waals surface area contributed by atoms with E-state index in [1.807, 2.05) is 30.3 Å². The number of hydrogen-bond acceptors (Lipinski definition) is 5. The first kappa shape index (κ1) is 18.8.